The topological polar surface area (TPSA) is 40.5 Å². The summed E-state index contributed by atoms with van der Waals surface area (Å²) >= 11 is 0. The van der Waals surface area contributed by atoms with E-state index in [4.69, 9.17) is 0 Å². The summed E-state index contributed by atoms with van der Waals surface area (Å²) < 4.78 is 0. The molecule has 2 fully saturated rings. The highest BCUT2D eigenvalue weighted by molar-refractivity contribution is 5.77. The summed E-state index contributed by atoms with van der Waals surface area (Å²) in [6.07, 6.45) is 3.16. The lowest BCUT2D eigenvalue weighted by Gasteiger charge is -2.30. The Kier molecular flexibility index (Phi) is 1.60. The molecule has 1 N–H and O–H groups in total. The number of nitrogens with zero attached hydrogens (tertiary/aromatic N) is 1. The van der Waals surface area contributed by atoms with Crippen molar-refractivity contribution in [1.82, 2.24) is 4.90 Å². The van der Waals surface area contributed by atoms with E-state index in [9.17, 15) is 9.90 Å². The molecule has 1 amide bonds. The number of hydrogen-bond donors (Lipinski definition) is 1. The molecule has 2 saturated heterocycles. The van der Waals surface area contributed by atoms with Crippen molar-refractivity contribution in [3.63, 3.8) is 0 Å². The molecule has 0 radical (unpaired) electrons. The molecule has 2 aliphatic rings. The van der Waals surface area contributed by atoms with Gasteiger partial charge in [0.1, 0.15) is 0 Å². The van der Waals surface area contributed by atoms with Gasteiger partial charge < -0.3 is 10.0 Å². The average molecular weight is 155 g/mol. The Balaban J connectivity index is 2.13. The molecule has 3 nitrogen and oxygen atoms in total. The minimum atomic E-state index is -0.251. The highest BCUT2D eigenvalue weighted by Crippen LogP contribution is 2.27. The summed E-state index contributed by atoms with van der Waals surface area (Å²) in [6.45, 7) is 0.769. The van der Waals surface area contributed by atoms with Gasteiger partial charge in [-0.1, -0.05) is 0 Å². The van der Waals surface area contributed by atoms with Crippen molar-refractivity contribution in [2.75, 3.05) is 6.54 Å². The van der Waals surface area contributed by atoms with E-state index in [2.05, 4.69) is 0 Å². The lowest BCUT2D eigenvalue weighted by molar-refractivity contribution is -0.135. The summed E-state index contributed by atoms with van der Waals surface area (Å²) in [7, 11) is 0. The SMILES string of the molecule is O=C1CCCC2C(O)CCN12. The summed E-state index contributed by atoms with van der Waals surface area (Å²) in [5.74, 6) is 0.234. The third-order valence-electron chi connectivity index (χ3n) is 2.72. The monoisotopic (exact) mass is 155 g/mol. The van der Waals surface area contributed by atoms with Gasteiger partial charge in [-0.15, -0.1) is 0 Å². The number of carbonyl (C=O) groups is 1. The van der Waals surface area contributed by atoms with E-state index in [1.165, 1.54) is 0 Å². The van der Waals surface area contributed by atoms with Crippen LogP contribution in [0.15, 0.2) is 0 Å². The molecular weight excluding hydrogens is 142 g/mol. The Hall–Kier alpha value is -0.570. The maximum absolute atomic E-state index is 11.2. The number of fused-ring (bicyclic) bond motifs is 1. The molecule has 0 aromatic carbocycles. The van der Waals surface area contributed by atoms with Gasteiger partial charge in [0, 0.05) is 13.0 Å². The van der Waals surface area contributed by atoms with Crippen LogP contribution in [0.5, 0.6) is 0 Å². The van der Waals surface area contributed by atoms with Gasteiger partial charge in [-0.25, -0.2) is 0 Å². The van der Waals surface area contributed by atoms with Crippen molar-refractivity contribution in [3.8, 4) is 0 Å². The second-order valence-corrected chi connectivity index (χ2v) is 3.40. The van der Waals surface area contributed by atoms with E-state index in [1.807, 2.05) is 4.90 Å². The zero-order valence-corrected chi connectivity index (χ0v) is 6.49. The third kappa shape index (κ3) is 1.03. The van der Waals surface area contributed by atoms with Crippen LogP contribution in [0.2, 0.25) is 0 Å². The van der Waals surface area contributed by atoms with Crippen LogP contribution in [0.1, 0.15) is 25.7 Å². The highest BCUT2D eigenvalue weighted by atomic mass is 16.3. The minimum absolute atomic E-state index is 0.149. The second kappa shape index (κ2) is 2.48. The van der Waals surface area contributed by atoms with Crippen molar-refractivity contribution in [2.45, 2.75) is 37.8 Å². The molecule has 0 aliphatic carbocycles. The fourth-order valence-corrected chi connectivity index (χ4v) is 2.10. The number of amides is 1. The minimum Gasteiger partial charge on any atom is -0.391 e. The molecule has 2 heterocycles. The number of piperidine rings is 1. The number of aliphatic hydroxyl groups is 1. The molecule has 2 aliphatic heterocycles. The molecule has 3 heteroatoms. The maximum Gasteiger partial charge on any atom is 0.222 e. The zero-order valence-electron chi connectivity index (χ0n) is 6.49. The summed E-state index contributed by atoms with van der Waals surface area (Å²) in [4.78, 5) is 13.1. The second-order valence-electron chi connectivity index (χ2n) is 3.40. The van der Waals surface area contributed by atoms with Crippen LogP contribution in [-0.4, -0.2) is 34.6 Å². The number of rotatable bonds is 0. The number of aliphatic hydroxyl groups excluding tert-OH is 1. The first kappa shape index (κ1) is 7.10. The van der Waals surface area contributed by atoms with Gasteiger partial charge in [0.2, 0.25) is 5.91 Å². The zero-order chi connectivity index (χ0) is 7.84. The van der Waals surface area contributed by atoms with E-state index in [-0.39, 0.29) is 18.1 Å². The first-order valence-electron chi connectivity index (χ1n) is 4.26. The van der Waals surface area contributed by atoms with Gasteiger partial charge in [-0.05, 0) is 19.3 Å². The molecular formula is C8H13NO2. The van der Waals surface area contributed by atoms with E-state index >= 15 is 0 Å². The van der Waals surface area contributed by atoms with Gasteiger partial charge >= 0.3 is 0 Å². The van der Waals surface area contributed by atoms with Crippen LogP contribution in [-0.2, 0) is 4.79 Å². The van der Waals surface area contributed by atoms with Crippen molar-refractivity contribution < 1.29 is 9.90 Å². The fourth-order valence-electron chi connectivity index (χ4n) is 2.10. The van der Waals surface area contributed by atoms with Crippen LogP contribution in [0, 0.1) is 0 Å². The standard InChI is InChI=1S/C8H13NO2/c10-7-4-5-9-6(7)2-1-3-8(9)11/h6-7,10H,1-5H2. The lowest BCUT2D eigenvalue weighted by atomic mass is 10.0. The van der Waals surface area contributed by atoms with Gasteiger partial charge in [-0.2, -0.15) is 0 Å². The molecule has 0 saturated carbocycles. The van der Waals surface area contributed by atoms with Gasteiger partial charge in [0.05, 0.1) is 12.1 Å². The Morgan fingerprint density at radius 2 is 2.27 bits per heavy atom. The van der Waals surface area contributed by atoms with Crippen molar-refractivity contribution in [3.05, 3.63) is 0 Å². The van der Waals surface area contributed by atoms with Crippen molar-refractivity contribution in [1.29, 1.82) is 0 Å². The molecule has 0 aromatic rings. The Morgan fingerprint density at radius 3 is 3.00 bits per heavy atom. The first-order chi connectivity index (χ1) is 5.29. The predicted octanol–water partition coefficient (Wildman–Crippen LogP) is 0.132. The first-order valence-corrected chi connectivity index (χ1v) is 4.26. The van der Waals surface area contributed by atoms with E-state index in [0.29, 0.717) is 6.42 Å². The van der Waals surface area contributed by atoms with Crippen LogP contribution >= 0.6 is 0 Å². The third-order valence-corrected chi connectivity index (χ3v) is 2.72. The van der Waals surface area contributed by atoms with Crippen LogP contribution in [0.3, 0.4) is 0 Å². The van der Waals surface area contributed by atoms with Crippen molar-refractivity contribution in [2.24, 2.45) is 0 Å². The Labute approximate surface area is 66.0 Å². The average Bonchev–Trinajstić information content (AvgIpc) is 2.35. The smallest absolute Gasteiger partial charge is 0.222 e. The van der Waals surface area contributed by atoms with Crippen molar-refractivity contribution >= 4 is 5.91 Å². The summed E-state index contributed by atoms with van der Waals surface area (Å²) in [5.41, 5.74) is 0. The van der Waals surface area contributed by atoms with E-state index in [0.717, 1.165) is 25.8 Å². The van der Waals surface area contributed by atoms with Gasteiger partial charge in [0.25, 0.3) is 0 Å². The molecule has 2 unspecified atom stereocenters. The van der Waals surface area contributed by atoms with E-state index in [1.54, 1.807) is 0 Å². The summed E-state index contributed by atoms with van der Waals surface area (Å²) in [6, 6.07) is 0.149. The predicted molar refractivity (Wildman–Crippen MR) is 40.0 cm³/mol. The molecule has 0 aromatic heterocycles. The Bertz CT molecular complexity index is 181. The molecule has 2 rings (SSSR count). The Morgan fingerprint density at radius 1 is 1.45 bits per heavy atom. The maximum atomic E-state index is 11.2. The van der Waals surface area contributed by atoms with Gasteiger partial charge in [0.15, 0.2) is 0 Å². The quantitative estimate of drug-likeness (QED) is 0.540. The number of hydrogen-bond acceptors (Lipinski definition) is 2. The van der Waals surface area contributed by atoms with E-state index < -0.39 is 0 Å². The lowest BCUT2D eigenvalue weighted by Crippen LogP contribution is -2.42. The number of carbonyl (C=O) groups excluding carboxylic acids is 1. The van der Waals surface area contributed by atoms with Gasteiger partial charge in [-0.3, -0.25) is 4.79 Å². The molecule has 0 spiro atoms. The largest absolute Gasteiger partial charge is 0.391 e. The van der Waals surface area contributed by atoms with Crippen LogP contribution in [0.4, 0.5) is 0 Å². The molecule has 62 valence electrons. The molecule has 2 atom stereocenters. The normalized spacial score (nSPS) is 37.5. The fraction of sp³-hybridized carbons (Fsp3) is 0.875. The molecule has 0 bridgehead atoms. The molecule has 11 heavy (non-hydrogen) atoms. The highest BCUT2D eigenvalue weighted by Gasteiger charge is 2.37. The van der Waals surface area contributed by atoms with Crippen LogP contribution < -0.4 is 0 Å². The summed E-state index contributed by atoms with van der Waals surface area (Å²) in [5, 5.41) is 9.45. The van der Waals surface area contributed by atoms with Crippen LogP contribution in [0.25, 0.3) is 0 Å².